The molecular formula is C40H49F2N5O8S. The van der Waals surface area contributed by atoms with Gasteiger partial charge in [0.1, 0.15) is 29.3 Å². The van der Waals surface area contributed by atoms with E-state index in [0.717, 1.165) is 19.3 Å². The second kappa shape index (κ2) is 13.9. The van der Waals surface area contributed by atoms with Crippen molar-refractivity contribution in [2.24, 2.45) is 5.92 Å². The fourth-order valence-electron chi connectivity index (χ4n) is 9.07. The molecule has 8 rings (SSSR count). The topological polar surface area (TPSA) is 173 Å². The van der Waals surface area contributed by atoms with Crippen LogP contribution < -0.4 is 20.1 Å². The van der Waals surface area contributed by atoms with Crippen molar-refractivity contribution in [2.45, 2.75) is 144 Å². The maximum absolute atomic E-state index is 16.6. The Bertz CT molecular complexity index is 2100. The summed E-state index contributed by atoms with van der Waals surface area (Å²) in [6, 6.07) is 3.99. The van der Waals surface area contributed by atoms with Crippen molar-refractivity contribution in [2.75, 3.05) is 6.54 Å². The summed E-state index contributed by atoms with van der Waals surface area (Å²) in [4.78, 5) is 62.1. The van der Waals surface area contributed by atoms with E-state index in [1.165, 1.54) is 4.90 Å². The third-order valence-corrected chi connectivity index (χ3v) is 14.9. The average Bonchev–Trinajstić information content (AvgIpc) is 3.93. The van der Waals surface area contributed by atoms with Crippen LogP contribution in [0.3, 0.4) is 0 Å². The molecular weight excluding hydrogens is 749 g/mol. The van der Waals surface area contributed by atoms with Gasteiger partial charge in [-0.1, -0.05) is 43.2 Å². The molecule has 4 heterocycles. The van der Waals surface area contributed by atoms with Gasteiger partial charge < -0.3 is 25.0 Å². The maximum atomic E-state index is 16.6. The highest BCUT2D eigenvalue weighted by Crippen LogP contribution is 2.54. The number of carbonyl (C=O) groups excluding carboxylic acids is 4. The number of pyridine rings is 1. The first kappa shape index (κ1) is 38.5. The van der Waals surface area contributed by atoms with Crippen molar-refractivity contribution in [1.29, 1.82) is 0 Å². The number of amides is 4. The van der Waals surface area contributed by atoms with Crippen molar-refractivity contribution in [3.8, 4) is 5.75 Å². The van der Waals surface area contributed by atoms with Crippen LogP contribution in [-0.2, 0) is 35.1 Å². The highest BCUT2D eigenvalue weighted by atomic mass is 32.2. The minimum absolute atomic E-state index is 0.107. The largest absolute Gasteiger partial charge is 0.483 e. The van der Waals surface area contributed by atoms with Gasteiger partial charge in [0, 0.05) is 17.7 Å². The first-order valence-corrected chi connectivity index (χ1v) is 21.3. The third kappa shape index (κ3) is 6.99. The number of allylic oxidation sites excluding steroid dienone is 1. The quantitative estimate of drug-likeness (QED) is 0.345. The molecule has 0 bridgehead atoms. The molecule has 3 aliphatic heterocycles. The van der Waals surface area contributed by atoms with Crippen LogP contribution >= 0.6 is 0 Å². The lowest BCUT2D eigenvalue weighted by molar-refractivity contribution is -0.141. The molecule has 0 unspecified atom stereocenters. The van der Waals surface area contributed by atoms with E-state index in [2.05, 4.69) is 20.3 Å². The Kier molecular flexibility index (Phi) is 9.59. The van der Waals surface area contributed by atoms with Crippen LogP contribution in [0, 0.1) is 12.8 Å². The average molecular weight is 798 g/mol. The van der Waals surface area contributed by atoms with Gasteiger partial charge in [0.2, 0.25) is 21.8 Å². The normalized spacial score (nSPS) is 31.8. The first-order chi connectivity index (χ1) is 26.6. The summed E-state index contributed by atoms with van der Waals surface area (Å²) in [6.45, 7) is 2.70. The summed E-state index contributed by atoms with van der Waals surface area (Å²) in [5.41, 5.74) is -3.12. The summed E-state index contributed by atoms with van der Waals surface area (Å²) >= 11 is 0. The van der Waals surface area contributed by atoms with Gasteiger partial charge in [-0.25, -0.2) is 27.0 Å². The number of aryl methyl sites for hydroxylation is 1. The van der Waals surface area contributed by atoms with Crippen LogP contribution in [0.15, 0.2) is 36.4 Å². The summed E-state index contributed by atoms with van der Waals surface area (Å²) in [7, 11) is -4.07. The van der Waals surface area contributed by atoms with Crippen molar-refractivity contribution in [3.63, 3.8) is 0 Å². The predicted octanol–water partition coefficient (Wildman–Crippen LogP) is 5.19. The smallest absolute Gasteiger partial charge is 0.408 e. The molecule has 1 aromatic carbocycles. The predicted molar refractivity (Wildman–Crippen MR) is 200 cm³/mol. The molecule has 1 aromatic heterocycles. The molecule has 13 nitrogen and oxygen atoms in total. The number of ether oxygens (including phenoxy) is 2. The molecule has 4 amide bonds. The lowest BCUT2D eigenvalue weighted by Crippen LogP contribution is -2.58. The minimum Gasteiger partial charge on any atom is -0.483 e. The Balaban J connectivity index is 1.15. The van der Waals surface area contributed by atoms with Gasteiger partial charge in [-0.2, -0.15) is 0 Å². The number of rotatable bonds is 5. The number of benzene rings is 1. The highest BCUT2D eigenvalue weighted by molar-refractivity contribution is 7.91. The molecule has 5 atom stereocenters. The Labute approximate surface area is 324 Å². The van der Waals surface area contributed by atoms with E-state index >= 15 is 8.78 Å². The van der Waals surface area contributed by atoms with Crippen LogP contribution in [0.5, 0.6) is 5.75 Å². The zero-order valence-corrected chi connectivity index (χ0v) is 32.5. The lowest BCUT2D eigenvalue weighted by Gasteiger charge is -2.40. The molecule has 2 aromatic rings. The van der Waals surface area contributed by atoms with E-state index in [9.17, 15) is 27.6 Å². The number of alkyl halides is 2. The van der Waals surface area contributed by atoms with Gasteiger partial charge in [0.05, 0.1) is 34.5 Å². The van der Waals surface area contributed by atoms with E-state index in [4.69, 9.17) is 9.47 Å². The Morgan fingerprint density at radius 3 is 2.52 bits per heavy atom. The van der Waals surface area contributed by atoms with Gasteiger partial charge in [-0.15, -0.1) is 0 Å². The molecule has 3 N–H and O–H groups in total. The van der Waals surface area contributed by atoms with Gasteiger partial charge >= 0.3 is 6.09 Å². The Hall–Kier alpha value is -4.34. The van der Waals surface area contributed by atoms with Crippen LogP contribution in [0.1, 0.15) is 108 Å². The number of nitrogens with zero attached hydrogens (tertiary/aromatic N) is 2. The van der Waals surface area contributed by atoms with Gasteiger partial charge in [-0.05, 0) is 84.1 Å². The number of nitrogens with one attached hydrogen (secondary N) is 3. The standard InChI is InChI=1S/C40H49F2N5O8S/c1-24-32-31(27-15-10-11-16-28(27)43-24)40(41,42)22-38(55-32)21-30-33(48)45-39(35(50)46-56(52,53)37(2)18-19-37)20-25(39)12-6-4-3-5-7-17-29(34(49)47(30)23-38)44-36(51)54-26-13-8-9-14-26/h6,10-12,15-16,25-26,29-30H,3-5,7-9,13-14,17-23H2,1-2H3,(H,44,51)(H,45,48)(H,46,50)/b12-6-/t25-,29+,30+,38+,39-/m1/s1. The monoisotopic (exact) mass is 797 g/mol. The van der Waals surface area contributed by atoms with Crippen molar-refractivity contribution < 1.29 is 45.9 Å². The van der Waals surface area contributed by atoms with E-state index in [-0.39, 0.29) is 47.8 Å². The van der Waals surface area contributed by atoms with E-state index in [1.54, 1.807) is 44.2 Å². The molecule has 16 heteroatoms. The number of para-hydroxylation sites is 1. The summed E-state index contributed by atoms with van der Waals surface area (Å²) in [5.74, 6) is -6.49. The SMILES string of the molecule is Cc1nc2ccccc2c2c1O[C@@]1(C[C@H]3C(=O)N[C@]4(C(=O)NS(=O)(=O)C5(C)CC5)C[C@H]4/C=C\CCCCC[C@H](NC(=O)OC4CCCC4)C(=O)N3C1)CC2(F)F. The van der Waals surface area contributed by atoms with Crippen LogP contribution in [0.4, 0.5) is 13.6 Å². The molecule has 3 aliphatic carbocycles. The maximum Gasteiger partial charge on any atom is 0.408 e. The summed E-state index contributed by atoms with van der Waals surface area (Å²) in [6.07, 6.45) is 8.40. The van der Waals surface area contributed by atoms with E-state index in [0.29, 0.717) is 50.5 Å². The molecule has 1 spiro atoms. The van der Waals surface area contributed by atoms with Crippen LogP contribution in [0.2, 0.25) is 0 Å². The number of alkyl carbamates (subject to hydrolysis) is 1. The lowest BCUT2D eigenvalue weighted by atomic mass is 9.84. The number of aromatic nitrogens is 1. The number of hydrogen-bond donors (Lipinski definition) is 3. The van der Waals surface area contributed by atoms with E-state index in [1.807, 2.05) is 6.08 Å². The van der Waals surface area contributed by atoms with E-state index < -0.39 is 86.6 Å². The molecule has 4 fully saturated rings. The molecule has 0 radical (unpaired) electrons. The molecule has 1 saturated heterocycles. The minimum atomic E-state index is -4.07. The highest BCUT2D eigenvalue weighted by Gasteiger charge is 2.65. The van der Waals surface area contributed by atoms with Crippen molar-refractivity contribution >= 4 is 44.7 Å². The molecule has 3 saturated carbocycles. The van der Waals surface area contributed by atoms with Gasteiger partial charge in [0.25, 0.3) is 11.8 Å². The molecule has 302 valence electrons. The second-order valence-corrected chi connectivity index (χ2v) is 19.2. The zero-order valence-electron chi connectivity index (χ0n) is 31.7. The fourth-order valence-corrected chi connectivity index (χ4v) is 10.4. The number of carbonyl (C=O) groups is 4. The second-order valence-electron chi connectivity index (χ2n) is 17.0. The number of halogens is 2. The Morgan fingerprint density at radius 2 is 1.77 bits per heavy atom. The molecule has 56 heavy (non-hydrogen) atoms. The van der Waals surface area contributed by atoms with Crippen LogP contribution in [-0.4, -0.2) is 82.7 Å². The number of sulfonamides is 1. The van der Waals surface area contributed by atoms with Gasteiger partial charge in [0.15, 0.2) is 5.75 Å². The summed E-state index contributed by atoms with van der Waals surface area (Å²) < 4.78 is 72.9. The first-order valence-electron chi connectivity index (χ1n) is 19.9. The van der Waals surface area contributed by atoms with Crippen LogP contribution in [0.25, 0.3) is 10.9 Å². The Morgan fingerprint density at radius 1 is 1.04 bits per heavy atom. The van der Waals surface area contributed by atoms with Gasteiger partial charge in [-0.3, -0.25) is 19.1 Å². The number of fused-ring (bicyclic) bond motifs is 5. The zero-order chi connectivity index (χ0) is 39.7. The molecule has 6 aliphatic rings. The number of hydrogen-bond acceptors (Lipinski definition) is 9. The van der Waals surface area contributed by atoms with Crippen molar-refractivity contribution in [1.82, 2.24) is 25.2 Å². The fraction of sp³-hybridized carbons (Fsp3) is 0.625. The summed E-state index contributed by atoms with van der Waals surface area (Å²) in [5, 5.41) is 5.76. The van der Waals surface area contributed by atoms with Crippen molar-refractivity contribution in [3.05, 3.63) is 47.7 Å². The third-order valence-electron chi connectivity index (χ3n) is 12.7.